The molecule has 2 fully saturated rings. The van der Waals surface area contributed by atoms with E-state index in [2.05, 4.69) is 50.9 Å². The molecular formula is C19H31IN4O. The quantitative estimate of drug-likeness (QED) is 0.405. The van der Waals surface area contributed by atoms with Crippen LogP contribution < -0.4 is 10.6 Å². The molecular weight excluding hydrogens is 427 g/mol. The van der Waals surface area contributed by atoms with Gasteiger partial charge in [-0.1, -0.05) is 30.3 Å². The van der Waals surface area contributed by atoms with Crippen molar-refractivity contribution in [1.82, 2.24) is 15.5 Å². The monoisotopic (exact) mass is 458 g/mol. The highest BCUT2D eigenvalue weighted by Crippen LogP contribution is 2.14. The van der Waals surface area contributed by atoms with Crippen LogP contribution in [0.2, 0.25) is 0 Å². The smallest absolute Gasteiger partial charge is 0.191 e. The number of hydrogen-bond acceptors (Lipinski definition) is 3. The molecule has 5 nitrogen and oxygen atoms in total. The van der Waals surface area contributed by atoms with E-state index in [0.717, 1.165) is 58.0 Å². The molecule has 6 heteroatoms. The maximum Gasteiger partial charge on any atom is 0.191 e. The van der Waals surface area contributed by atoms with Crippen LogP contribution in [0.25, 0.3) is 0 Å². The van der Waals surface area contributed by atoms with Crippen molar-refractivity contribution in [2.75, 3.05) is 33.3 Å². The molecule has 2 aliphatic heterocycles. The average molecular weight is 458 g/mol. The van der Waals surface area contributed by atoms with Gasteiger partial charge in [-0.05, 0) is 31.2 Å². The summed E-state index contributed by atoms with van der Waals surface area (Å²) < 4.78 is 5.66. The molecule has 2 heterocycles. The van der Waals surface area contributed by atoms with Crippen LogP contribution >= 0.6 is 24.0 Å². The molecule has 140 valence electrons. The van der Waals surface area contributed by atoms with E-state index in [9.17, 15) is 0 Å². The van der Waals surface area contributed by atoms with Gasteiger partial charge in [0.25, 0.3) is 0 Å². The third-order valence-electron chi connectivity index (χ3n) is 4.92. The Bertz CT molecular complexity index is 511. The van der Waals surface area contributed by atoms with Gasteiger partial charge in [0.2, 0.25) is 0 Å². The summed E-state index contributed by atoms with van der Waals surface area (Å²) in [5.74, 6) is 0.909. The van der Waals surface area contributed by atoms with Crippen molar-refractivity contribution in [2.45, 2.75) is 44.4 Å². The third kappa shape index (κ3) is 6.75. The summed E-state index contributed by atoms with van der Waals surface area (Å²) >= 11 is 0. The zero-order valence-electron chi connectivity index (χ0n) is 15.1. The molecule has 0 aliphatic carbocycles. The van der Waals surface area contributed by atoms with E-state index < -0.39 is 0 Å². The van der Waals surface area contributed by atoms with Crippen LogP contribution in [0.4, 0.5) is 0 Å². The molecule has 2 saturated heterocycles. The number of benzene rings is 1. The second-order valence-electron chi connectivity index (χ2n) is 6.77. The van der Waals surface area contributed by atoms with E-state index in [-0.39, 0.29) is 24.0 Å². The van der Waals surface area contributed by atoms with Crippen LogP contribution in [0.1, 0.15) is 31.2 Å². The number of ether oxygens (including phenoxy) is 1. The number of piperidine rings is 1. The van der Waals surface area contributed by atoms with Gasteiger partial charge < -0.3 is 15.4 Å². The molecule has 1 aromatic carbocycles. The van der Waals surface area contributed by atoms with Gasteiger partial charge in [-0.15, -0.1) is 24.0 Å². The Labute approximate surface area is 168 Å². The molecule has 25 heavy (non-hydrogen) atoms. The first-order chi connectivity index (χ1) is 11.8. The van der Waals surface area contributed by atoms with Gasteiger partial charge in [0.1, 0.15) is 0 Å². The Kier molecular flexibility index (Phi) is 8.98. The summed E-state index contributed by atoms with van der Waals surface area (Å²) in [6.45, 7) is 5.08. The lowest BCUT2D eigenvalue weighted by atomic mass is 10.0. The van der Waals surface area contributed by atoms with Crippen molar-refractivity contribution in [3.63, 3.8) is 0 Å². The van der Waals surface area contributed by atoms with Gasteiger partial charge in [-0.2, -0.15) is 0 Å². The fourth-order valence-corrected chi connectivity index (χ4v) is 3.48. The van der Waals surface area contributed by atoms with E-state index >= 15 is 0 Å². The Hall–Kier alpha value is -0.860. The highest BCUT2D eigenvalue weighted by atomic mass is 127. The maximum absolute atomic E-state index is 5.66. The first-order valence-electron chi connectivity index (χ1n) is 9.18. The van der Waals surface area contributed by atoms with Crippen LogP contribution in [0.5, 0.6) is 0 Å². The summed E-state index contributed by atoms with van der Waals surface area (Å²) in [5.41, 5.74) is 1.40. The fraction of sp³-hybridized carbons (Fsp3) is 0.632. The van der Waals surface area contributed by atoms with E-state index in [1.807, 2.05) is 7.05 Å². The maximum atomic E-state index is 5.66. The highest BCUT2D eigenvalue weighted by molar-refractivity contribution is 14.0. The Balaban J connectivity index is 0.00000225. The molecule has 2 aliphatic rings. The zero-order chi connectivity index (χ0) is 16.6. The molecule has 1 unspecified atom stereocenters. The predicted octanol–water partition coefficient (Wildman–Crippen LogP) is 2.61. The van der Waals surface area contributed by atoms with E-state index in [0.29, 0.717) is 12.1 Å². The summed E-state index contributed by atoms with van der Waals surface area (Å²) in [7, 11) is 1.84. The lowest BCUT2D eigenvalue weighted by Gasteiger charge is -2.33. The van der Waals surface area contributed by atoms with Gasteiger partial charge in [-0.3, -0.25) is 9.89 Å². The third-order valence-corrected chi connectivity index (χ3v) is 4.92. The summed E-state index contributed by atoms with van der Waals surface area (Å²) in [5, 5.41) is 6.98. The Morgan fingerprint density at radius 2 is 1.96 bits per heavy atom. The predicted molar refractivity (Wildman–Crippen MR) is 114 cm³/mol. The SMILES string of the molecule is CN=C(NCC1CCCO1)NC1CCN(Cc2ccccc2)CC1.I. The van der Waals surface area contributed by atoms with Crippen LogP contribution in [0, 0.1) is 0 Å². The molecule has 0 saturated carbocycles. The largest absolute Gasteiger partial charge is 0.376 e. The standard InChI is InChI=1S/C19H30N4O.HI/c1-20-19(21-14-18-8-5-13-24-18)22-17-9-11-23(12-10-17)15-16-6-3-2-4-7-16;/h2-4,6-7,17-18H,5,8-15H2,1H3,(H2,20,21,22);1H. The first-order valence-corrected chi connectivity index (χ1v) is 9.18. The van der Waals surface area contributed by atoms with Gasteiger partial charge >= 0.3 is 0 Å². The highest BCUT2D eigenvalue weighted by Gasteiger charge is 2.21. The lowest BCUT2D eigenvalue weighted by Crippen LogP contribution is -2.49. The van der Waals surface area contributed by atoms with Crippen molar-refractivity contribution < 1.29 is 4.74 Å². The van der Waals surface area contributed by atoms with Crippen molar-refractivity contribution in [1.29, 1.82) is 0 Å². The summed E-state index contributed by atoms with van der Waals surface area (Å²) in [6, 6.07) is 11.2. The summed E-state index contributed by atoms with van der Waals surface area (Å²) in [4.78, 5) is 6.89. The van der Waals surface area contributed by atoms with Crippen molar-refractivity contribution in [3.8, 4) is 0 Å². The van der Waals surface area contributed by atoms with Gasteiger partial charge in [-0.25, -0.2) is 0 Å². The molecule has 0 bridgehead atoms. The minimum Gasteiger partial charge on any atom is -0.376 e. The number of hydrogen-bond donors (Lipinski definition) is 2. The van der Waals surface area contributed by atoms with E-state index in [4.69, 9.17) is 4.74 Å². The average Bonchev–Trinajstić information content (AvgIpc) is 3.14. The molecule has 0 spiro atoms. The number of nitrogens with zero attached hydrogens (tertiary/aromatic N) is 2. The molecule has 0 amide bonds. The minimum absolute atomic E-state index is 0. The van der Waals surface area contributed by atoms with Crippen LogP contribution in [-0.2, 0) is 11.3 Å². The topological polar surface area (TPSA) is 48.9 Å². The van der Waals surface area contributed by atoms with E-state index in [1.54, 1.807) is 0 Å². The number of aliphatic imine (C=N–C) groups is 1. The minimum atomic E-state index is 0. The summed E-state index contributed by atoms with van der Waals surface area (Å²) in [6.07, 6.45) is 5.00. The number of likely N-dealkylation sites (tertiary alicyclic amines) is 1. The van der Waals surface area contributed by atoms with Crippen molar-refractivity contribution >= 4 is 29.9 Å². The number of halogens is 1. The molecule has 0 aromatic heterocycles. The number of rotatable bonds is 5. The second kappa shape index (κ2) is 11.0. The fourth-order valence-electron chi connectivity index (χ4n) is 3.48. The zero-order valence-corrected chi connectivity index (χ0v) is 17.4. The number of guanidine groups is 1. The molecule has 1 aromatic rings. The molecule has 0 radical (unpaired) electrons. The van der Waals surface area contributed by atoms with Crippen molar-refractivity contribution in [2.24, 2.45) is 4.99 Å². The Morgan fingerprint density at radius 3 is 2.60 bits per heavy atom. The first kappa shape index (κ1) is 20.5. The Morgan fingerprint density at radius 1 is 1.20 bits per heavy atom. The molecule has 3 rings (SSSR count). The van der Waals surface area contributed by atoms with Crippen LogP contribution in [0.3, 0.4) is 0 Å². The normalized spacial score (nSPS) is 22.4. The van der Waals surface area contributed by atoms with Gasteiger partial charge in [0, 0.05) is 45.9 Å². The molecule has 2 N–H and O–H groups in total. The van der Waals surface area contributed by atoms with Crippen LogP contribution in [-0.4, -0.2) is 56.3 Å². The van der Waals surface area contributed by atoms with Crippen molar-refractivity contribution in [3.05, 3.63) is 35.9 Å². The second-order valence-corrected chi connectivity index (χ2v) is 6.77. The van der Waals surface area contributed by atoms with Crippen LogP contribution in [0.15, 0.2) is 35.3 Å². The molecule has 1 atom stereocenters. The lowest BCUT2D eigenvalue weighted by molar-refractivity contribution is 0.113. The van der Waals surface area contributed by atoms with Gasteiger partial charge in [0.15, 0.2) is 5.96 Å². The number of nitrogens with one attached hydrogen (secondary N) is 2. The van der Waals surface area contributed by atoms with E-state index in [1.165, 1.54) is 12.0 Å². The van der Waals surface area contributed by atoms with Gasteiger partial charge in [0.05, 0.1) is 6.10 Å².